The topological polar surface area (TPSA) is 98.9 Å². The molecule has 1 aromatic carbocycles. The van der Waals surface area contributed by atoms with Gasteiger partial charge in [-0.2, -0.15) is 5.26 Å². The minimum absolute atomic E-state index is 0.0379. The SMILES string of the molecule is CC(C)(C)OC(=O)N1C[C@@H](N2CCCc3cc(C#N)cc(-c4ccnc5cc(CO)sc45)c32)C[C@H]1CO[Si](C)(C)C(C)(C)C. The maximum Gasteiger partial charge on any atom is 0.410 e. The predicted octanol–water partition coefficient (Wildman–Crippen LogP) is 7.48. The summed E-state index contributed by atoms with van der Waals surface area (Å²) in [6.45, 7) is 18.8. The smallest absolute Gasteiger partial charge is 0.410 e. The number of anilines is 1. The molecule has 1 fully saturated rings. The fourth-order valence-corrected chi connectivity index (χ4v) is 8.07. The summed E-state index contributed by atoms with van der Waals surface area (Å²) in [5.41, 5.74) is 5.17. The van der Waals surface area contributed by atoms with Gasteiger partial charge in [0.2, 0.25) is 0 Å². The van der Waals surface area contributed by atoms with Gasteiger partial charge in [0, 0.05) is 47.0 Å². The van der Waals surface area contributed by atoms with E-state index in [-0.39, 0.29) is 29.8 Å². The number of aliphatic hydroxyl groups is 1. The van der Waals surface area contributed by atoms with Gasteiger partial charge in [0.25, 0.3) is 0 Å². The Balaban J connectivity index is 1.55. The van der Waals surface area contributed by atoms with E-state index >= 15 is 0 Å². The molecule has 2 atom stereocenters. The standard InChI is InChI=1S/C34H46N4O4SSi/c1-33(2,3)42-32(40)38-19-24(16-25(38)21-41-44(7,8)34(4,5)6)37-13-9-10-23-14-22(18-35)15-28(30(23)37)27-11-12-36-29-17-26(20-39)43-31(27)29/h11-12,14-15,17,24-25,39H,9-10,13,16,19-21H2,1-8H3/t24-,25-/m0/s1. The number of hydrogen-bond donors (Lipinski definition) is 1. The fourth-order valence-electron chi connectivity index (χ4n) is 6.03. The van der Waals surface area contributed by atoms with Gasteiger partial charge in [0.15, 0.2) is 8.32 Å². The summed E-state index contributed by atoms with van der Waals surface area (Å²) in [4.78, 5) is 23.4. The van der Waals surface area contributed by atoms with Gasteiger partial charge in [-0.05, 0) is 88.0 Å². The van der Waals surface area contributed by atoms with Crippen LogP contribution >= 0.6 is 11.3 Å². The van der Waals surface area contributed by atoms with Crippen LogP contribution in [0.3, 0.4) is 0 Å². The Kier molecular flexibility index (Phi) is 8.90. The van der Waals surface area contributed by atoms with Gasteiger partial charge < -0.3 is 24.1 Å². The second-order valence-corrected chi connectivity index (χ2v) is 20.6. The molecule has 0 saturated carbocycles. The molecule has 1 saturated heterocycles. The first-order valence-electron chi connectivity index (χ1n) is 15.6. The zero-order valence-corrected chi connectivity index (χ0v) is 29.2. The molecule has 2 aromatic heterocycles. The van der Waals surface area contributed by atoms with Crippen LogP contribution in [-0.4, -0.2) is 66.8 Å². The average molecular weight is 635 g/mol. The number of fused-ring (bicyclic) bond motifs is 2. The van der Waals surface area contributed by atoms with Crippen molar-refractivity contribution in [3.63, 3.8) is 0 Å². The highest BCUT2D eigenvalue weighted by Crippen LogP contribution is 2.45. The van der Waals surface area contributed by atoms with E-state index < -0.39 is 13.9 Å². The second kappa shape index (κ2) is 12.1. The van der Waals surface area contributed by atoms with Gasteiger partial charge in [-0.15, -0.1) is 11.3 Å². The van der Waals surface area contributed by atoms with Crippen LogP contribution in [0.1, 0.15) is 70.4 Å². The van der Waals surface area contributed by atoms with Crippen LogP contribution in [0.15, 0.2) is 30.5 Å². The Labute approximate surface area is 266 Å². The second-order valence-electron chi connectivity index (χ2n) is 14.6. The Morgan fingerprint density at radius 1 is 1.18 bits per heavy atom. The Bertz CT molecular complexity index is 1580. The van der Waals surface area contributed by atoms with Crippen molar-refractivity contribution in [1.29, 1.82) is 5.26 Å². The minimum atomic E-state index is -2.04. The van der Waals surface area contributed by atoms with Crippen molar-refractivity contribution < 1.29 is 19.1 Å². The average Bonchev–Trinajstić information content (AvgIpc) is 3.58. The number of carbonyl (C=O) groups excluding carboxylic acids is 1. The van der Waals surface area contributed by atoms with E-state index in [0.29, 0.717) is 18.7 Å². The van der Waals surface area contributed by atoms with Crippen molar-refractivity contribution in [1.82, 2.24) is 9.88 Å². The number of aliphatic hydroxyl groups excluding tert-OH is 1. The molecule has 2 aliphatic heterocycles. The number of aromatic nitrogens is 1. The number of nitriles is 1. The first-order chi connectivity index (χ1) is 20.6. The lowest BCUT2D eigenvalue weighted by Gasteiger charge is -2.38. The molecular formula is C34H46N4O4SSi. The highest BCUT2D eigenvalue weighted by molar-refractivity contribution is 7.19. The molecule has 236 valence electrons. The third kappa shape index (κ3) is 6.52. The highest BCUT2D eigenvalue weighted by Gasteiger charge is 2.44. The lowest BCUT2D eigenvalue weighted by molar-refractivity contribution is 0.0180. The molecule has 1 N–H and O–H groups in total. The van der Waals surface area contributed by atoms with Crippen LogP contribution in [0.5, 0.6) is 0 Å². The number of amides is 1. The molecule has 0 bridgehead atoms. The number of rotatable bonds is 6. The van der Waals surface area contributed by atoms with Crippen LogP contribution in [-0.2, 0) is 22.2 Å². The minimum Gasteiger partial charge on any atom is -0.444 e. The van der Waals surface area contributed by atoms with E-state index in [4.69, 9.17) is 9.16 Å². The third-order valence-electron chi connectivity index (χ3n) is 9.26. The quantitative estimate of drug-likeness (QED) is 0.281. The molecule has 0 aliphatic carbocycles. The van der Waals surface area contributed by atoms with Gasteiger partial charge >= 0.3 is 6.09 Å². The van der Waals surface area contributed by atoms with Gasteiger partial charge in [-0.1, -0.05) is 20.8 Å². The zero-order valence-electron chi connectivity index (χ0n) is 27.4. The number of carbonyl (C=O) groups is 1. The van der Waals surface area contributed by atoms with E-state index in [9.17, 15) is 15.2 Å². The number of nitrogens with zero attached hydrogens (tertiary/aromatic N) is 4. The van der Waals surface area contributed by atoms with Gasteiger partial charge in [-0.25, -0.2) is 4.79 Å². The summed E-state index contributed by atoms with van der Waals surface area (Å²) in [7, 11) is -2.04. The number of ether oxygens (including phenoxy) is 1. The Morgan fingerprint density at radius 2 is 1.93 bits per heavy atom. The summed E-state index contributed by atoms with van der Waals surface area (Å²) in [5.74, 6) is 0. The van der Waals surface area contributed by atoms with Crippen LogP contribution in [0.25, 0.3) is 21.3 Å². The maximum atomic E-state index is 13.6. The molecule has 0 radical (unpaired) electrons. The van der Waals surface area contributed by atoms with E-state index in [0.717, 1.165) is 63.3 Å². The molecule has 2 aliphatic rings. The highest BCUT2D eigenvalue weighted by atomic mass is 32.1. The number of thiophene rings is 1. The molecule has 4 heterocycles. The first-order valence-corrected chi connectivity index (χ1v) is 19.3. The van der Waals surface area contributed by atoms with Crippen molar-refractivity contribution in [2.45, 2.75) is 103 Å². The van der Waals surface area contributed by atoms with Crippen molar-refractivity contribution in [3.05, 3.63) is 46.5 Å². The van der Waals surface area contributed by atoms with E-state index in [2.05, 4.69) is 49.8 Å². The van der Waals surface area contributed by atoms with Crippen molar-refractivity contribution in [3.8, 4) is 17.2 Å². The largest absolute Gasteiger partial charge is 0.444 e. The lowest BCUT2D eigenvalue weighted by atomic mass is 9.90. The van der Waals surface area contributed by atoms with Gasteiger partial charge in [0.1, 0.15) is 5.60 Å². The Morgan fingerprint density at radius 3 is 2.59 bits per heavy atom. The fraction of sp³-hybridized carbons (Fsp3) is 0.559. The number of pyridine rings is 1. The zero-order chi connectivity index (χ0) is 32.0. The van der Waals surface area contributed by atoms with E-state index in [1.165, 1.54) is 0 Å². The van der Waals surface area contributed by atoms with Crippen LogP contribution < -0.4 is 4.90 Å². The molecule has 1 amide bonds. The number of aryl methyl sites for hydroxylation is 1. The van der Waals surface area contributed by atoms with Crippen molar-refractivity contribution in [2.24, 2.45) is 0 Å². The van der Waals surface area contributed by atoms with E-state index in [1.807, 2.05) is 49.9 Å². The van der Waals surface area contributed by atoms with Crippen LogP contribution in [0.2, 0.25) is 18.1 Å². The maximum absolute atomic E-state index is 13.6. The molecule has 5 rings (SSSR count). The summed E-state index contributed by atoms with van der Waals surface area (Å²) in [6, 6.07) is 10.3. The summed E-state index contributed by atoms with van der Waals surface area (Å²) >= 11 is 1.54. The summed E-state index contributed by atoms with van der Waals surface area (Å²) < 4.78 is 13.6. The van der Waals surface area contributed by atoms with Gasteiger partial charge in [-0.3, -0.25) is 4.98 Å². The Hall–Kier alpha value is -2.97. The number of benzene rings is 1. The van der Waals surface area contributed by atoms with Crippen LogP contribution in [0, 0.1) is 11.3 Å². The van der Waals surface area contributed by atoms with Crippen LogP contribution in [0.4, 0.5) is 10.5 Å². The van der Waals surface area contributed by atoms with Crippen molar-refractivity contribution in [2.75, 3.05) is 24.6 Å². The molecule has 0 unspecified atom stereocenters. The normalized spacial score (nSPS) is 19.3. The third-order valence-corrected chi connectivity index (χ3v) is 14.9. The molecule has 10 heteroatoms. The van der Waals surface area contributed by atoms with Gasteiger partial charge in [0.05, 0.1) is 41.1 Å². The lowest BCUT2D eigenvalue weighted by Crippen LogP contribution is -2.47. The van der Waals surface area contributed by atoms with E-state index in [1.54, 1.807) is 17.5 Å². The summed E-state index contributed by atoms with van der Waals surface area (Å²) in [5, 5.41) is 19.9. The number of hydrogen-bond acceptors (Lipinski definition) is 8. The molecule has 44 heavy (non-hydrogen) atoms. The summed E-state index contributed by atoms with van der Waals surface area (Å²) in [6.07, 6.45) is 4.13. The van der Waals surface area contributed by atoms with Crippen molar-refractivity contribution >= 4 is 41.7 Å². The monoisotopic (exact) mass is 634 g/mol. The molecule has 0 spiro atoms. The molecular weight excluding hydrogens is 589 g/mol. The molecule has 3 aromatic rings. The first kappa shape index (κ1) is 32.4. The molecule has 8 nitrogen and oxygen atoms in total. The predicted molar refractivity (Wildman–Crippen MR) is 180 cm³/mol. The number of likely N-dealkylation sites (tertiary alicyclic amines) is 1.